The monoisotopic (exact) mass is 588 g/mol. The maximum absolute atomic E-state index is 13.4. The van der Waals surface area contributed by atoms with Gasteiger partial charge in [-0.15, -0.1) is 0 Å². The van der Waals surface area contributed by atoms with Gasteiger partial charge >= 0.3 is 0 Å². The van der Waals surface area contributed by atoms with E-state index < -0.39 is 0 Å². The molecule has 1 amide bonds. The van der Waals surface area contributed by atoms with Gasteiger partial charge in [0.2, 0.25) is 23.6 Å². The van der Waals surface area contributed by atoms with Crippen molar-refractivity contribution >= 4 is 17.7 Å². The molecule has 43 heavy (non-hydrogen) atoms. The number of nitrogens with one attached hydrogen (secondary N) is 3. The maximum atomic E-state index is 13.4. The molecule has 0 bridgehead atoms. The van der Waals surface area contributed by atoms with Crippen LogP contribution in [0.1, 0.15) is 54.6 Å². The highest BCUT2D eigenvalue weighted by molar-refractivity contribution is 5.97. The molecule has 0 unspecified atom stereocenters. The van der Waals surface area contributed by atoms with Crippen LogP contribution in [-0.4, -0.2) is 73.0 Å². The maximum Gasteiger partial charge on any atom is 0.257 e. The van der Waals surface area contributed by atoms with E-state index >= 15 is 0 Å². The number of aromatic nitrogens is 1. The molecule has 4 rings (SSSR count). The van der Waals surface area contributed by atoms with Crippen molar-refractivity contribution in [2.45, 2.75) is 39.2 Å². The predicted molar refractivity (Wildman–Crippen MR) is 165 cm³/mol. The minimum absolute atomic E-state index is 0.0446. The average Bonchev–Trinajstić information content (AvgIpc) is 3.02. The Balaban J connectivity index is 1.52. The molecule has 1 fully saturated rings. The fourth-order valence-electron chi connectivity index (χ4n) is 4.65. The number of likely N-dealkylation sites (tertiary alicyclic amines) is 1. The number of nitrogens with two attached hydrogens (primary N) is 1. The molecule has 11 nitrogen and oxygen atoms in total. The lowest BCUT2D eigenvalue weighted by Crippen LogP contribution is -2.45. The first kappa shape index (κ1) is 31.5. The number of hydrogen-bond acceptors (Lipinski definition) is 10. The second kappa shape index (κ2) is 15.7. The van der Waals surface area contributed by atoms with Crippen LogP contribution in [0.3, 0.4) is 0 Å². The number of rotatable bonds is 13. The molecule has 1 aliphatic heterocycles. The lowest BCUT2D eigenvalue weighted by molar-refractivity contribution is 0.0908. The van der Waals surface area contributed by atoms with E-state index in [2.05, 4.69) is 15.2 Å². The average molecular weight is 589 g/mol. The number of pyridine rings is 1. The zero-order chi connectivity index (χ0) is 30.6. The zero-order valence-electron chi connectivity index (χ0n) is 24.7. The molecule has 0 aliphatic carbocycles. The highest BCUT2D eigenvalue weighted by atomic mass is 16.5. The molecular weight excluding hydrogens is 548 g/mol. The third-order valence-corrected chi connectivity index (χ3v) is 6.93. The number of amides is 1. The van der Waals surface area contributed by atoms with Gasteiger partial charge < -0.3 is 34.9 Å². The number of hydrogen-bond donors (Lipinski definition) is 4. The fraction of sp³-hybridized carbons (Fsp3) is 0.375. The van der Waals surface area contributed by atoms with Crippen molar-refractivity contribution in [1.82, 2.24) is 15.2 Å². The van der Waals surface area contributed by atoms with Gasteiger partial charge in [0.15, 0.2) is 0 Å². The molecule has 1 aliphatic rings. The quantitative estimate of drug-likeness (QED) is 0.162. The summed E-state index contributed by atoms with van der Waals surface area (Å²) < 4.78 is 22.6. The Morgan fingerprint density at radius 3 is 1.98 bits per heavy atom. The summed E-state index contributed by atoms with van der Waals surface area (Å²) in [5.74, 6) is 1.16. The number of piperidine rings is 1. The van der Waals surface area contributed by atoms with Gasteiger partial charge in [-0.2, -0.15) is 4.98 Å². The van der Waals surface area contributed by atoms with Gasteiger partial charge in [-0.25, -0.2) is 0 Å². The van der Waals surface area contributed by atoms with Crippen molar-refractivity contribution in [1.29, 1.82) is 10.8 Å². The SMILES string of the molecule is CCOC(=N)c1ccc(Oc2ccc(C(=O)NC3CCN(CCCN)CC3)c(Oc3ccc(C(=N)OCC)cc3)n2)cc1. The van der Waals surface area contributed by atoms with Crippen LogP contribution in [0.25, 0.3) is 0 Å². The van der Waals surface area contributed by atoms with Crippen LogP contribution in [0.15, 0.2) is 60.7 Å². The molecule has 11 heteroatoms. The van der Waals surface area contributed by atoms with Crippen molar-refractivity contribution in [3.8, 4) is 23.3 Å². The Kier molecular flexibility index (Phi) is 11.5. The molecule has 2 aromatic carbocycles. The molecule has 2 heterocycles. The van der Waals surface area contributed by atoms with E-state index in [0.29, 0.717) is 42.4 Å². The lowest BCUT2D eigenvalue weighted by Gasteiger charge is -2.32. The van der Waals surface area contributed by atoms with E-state index in [1.54, 1.807) is 60.7 Å². The molecule has 1 aromatic heterocycles. The fourth-order valence-corrected chi connectivity index (χ4v) is 4.65. The van der Waals surface area contributed by atoms with Crippen molar-refractivity contribution in [3.05, 3.63) is 77.4 Å². The molecule has 0 radical (unpaired) electrons. The van der Waals surface area contributed by atoms with Crippen LogP contribution in [0.5, 0.6) is 23.3 Å². The number of nitrogens with zero attached hydrogens (tertiary/aromatic N) is 2. The van der Waals surface area contributed by atoms with Gasteiger partial charge in [-0.1, -0.05) is 0 Å². The highest BCUT2D eigenvalue weighted by Crippen LogP contribution is 2.29. The highest BCUT2D eigenvalue weighted by Gasteiger charge is 2.24. The smallest absolute Gasteiger partial charge is 0.257 e. The zero-order valence-corrected chi connectivity index (χ0v) is 24.7. The third-order valence-electron chi connectivity index (χ3n) is 6.93. The number of ether oxygens (including phenoxy) is 4. The van der Waals surface area contributed by atoms with Crippen LogP contribution >= 0.6 is 0 Å². The van der Waals surface area contributed by atoms with E-state index in [0.717, 1.165) is 38.9 Å². The second-order valence-corrected chi connectivity index (χ2v) is 10.0. The first-order valence-electron chi connectivity index (χ1n) is 14.6. The van der Waals surface area contributed by atoms with Crippen molar-refractivity contribution < 1.29 is 23.7 Å². The molecule has 3 aromatic rings. The predicted octanol–water partition coefficient (Wildman–Crippen LogP) is 4.93. The molecule has 5 N–H and O–H groups in total. The summed E-state index contributed by atoms with van der Waals surface area (Å²) in [6, 6.07) is 17.0. The van der Waals surface area contributed by atoms with E-state index in [-0.39, 0.29) is 41.1 Å². The van der Waals surface area contributed by atoms with Crippen molar-refractivity contribution in [2.75, 3.05) is 39.4 Å². The van der Waals surface area contributed by atoms with Gasteiger partial charge in [0.25, 0.3) is 5.91 Å². The largest absolute Gasteiger partial charge is 0.478 e. The standard InChI is InChI=1S/C32H40N6O5/c1-3-40-29(34)22-6-10-25(11-7-22)42-28-15-14-27(31(39)36-24-16-20-38(21-17-24)19-5-18-33)32(37-28)43-26-12-8-23(9-13-26)30(35)41-4-2/h6-15,24,34-35H,3-5,16-21,33H2,1-2H3,(H,36,39). The molecule has 0 spiro atoms. The van der Waals surface area contributed by atoms with E-state index in [9.17, 15) is 4.79 Å². The van der Waals surface area contributed by atoms with Crippen molar-refractivity contribution in [3.63, 3.8) is 0 Å². The number of carbonyl (C=O) groups is 1. The Labute approximate surface area is 252 Å². The van der Waals surface area contributed by atoms with Crippen molar-refractivity contribution in [2.24, 2.45) is 5.73 Å². The first-order chi connectivity index (χ1) is 20.9. The summed E-state index contributed by atoms with van der Waals surface area (Å²) in [6.07, 6.45) is 2.67. The Morgan fingerprint density at radius 2 is 1.44 bits per heavy atom. The van der Waals surface area contributed by atoms with E-state index in [1.807, 2.05) is 13.8 Å². The van der Waals surface area contributed by atoms with Gasteiger partial charge in [-0.3, -0.25) is 15.6 Å². The Bertz CT molecular complexity index is 1370. The topological polar surface area (TPSA) is 156 Å². The van der Waals surface area contributed by atoms with E-state index in [1.165, 1.54) is 0 Å². The second-order valence-electron chi connectivity index (χ2n) is 10.0. The molecule has 0 atom stereocenters. The van der Waals surface area contributed by atoms with Crippen LogP contribution in [-0.2, 0) is 9.47 Å². The van der Waals surface area contributed by atoms with E-state index in [4.69, 9.17) is 35.5 Å². The molecule has 1 saturated heterocycles. The van der Waals surface area contributed by atoms with Gasteiger partial charge in [0, 0.05) is 36.3 Å². The van der Waals surface area contributed by atoms with Crippen LogP contribution in [0.2, 0.25) is 0 Å². The lowest BCUT2D eigenvalue weighted by atomic mass is 10.0. The Hall–Kier alpha value is -4.48. The first-order valence-corrected chi connectivity index (χ1v) is 14.6. The van der Waals surface area contributed by atoms with Gasteiger partial charge in [0.05, 0.1) is 13.2 Å². The molecule has 0 saturated carbocycles. The summed E-state index contributed by atoms with van der Waals surface area (Å²) in [6.45, 7) is 7.93. The summed E-state index contributed by atoms with van der Waals surface area (Å²) in [7, 11) is 0. The third kappa shape index (κ3) is 9.00. The summed E-state index contributed by atoms with van der Waals surface area (Å²) in [5, 5.41) is 19.1. The van der Waals surface area contributed by atoms with Crippen LogP contribution < -0.4 is 20.5 Å². The van der Waals surface area contributed by atoms with Crippen LogP contribution in [0.4, 0.5) is 0 Å². The molecule has 228 valence electrons. The summed E-state index contributed by atoms with van der Waals surface area (Å²) in [4.78, 5) is 20.4. The van der Waals surface area contributed by atoms with Crippen LogP contribution in [0, 0.1) is 10.8 Å². The van der Waals surface area contributed by atoms with Gasteiger partial charge in [-0.05, 0) is 101 Å². The summed E-state index contributed by atoms with van der Waals surface area (Å²) >= 11 is 0. The van der Waals surface area contributed by atoms with Gasteiger partial charge in [0.1, 0.15) is 17.1 Å². The Morgan fingerprint density at radius 1 is 0.884 bits per heavy atom. The summed E-state index contributed by atoms with van der Waals surface area (Å²) in [5.41, 5.74) is 7.17. The number of carbonyl (C=O) groups excluding carboxylic acids is 1. The minimum Gasteiger partial charge on any atom is -0.478 e. The normalized spacial score (nSPS) is 13.7. The minimum atomic E-state index is -0.275. The number of benzene rings is 2. The molecular formula is C32H40N6O5.